The molecule has 4 rings (SSSR count). The van der Waals surface area contributed by atoms with Crippen LogP contribution in [0.2, 0.25) is 0 Å². The summed E-state index contributed by atoms with van der Waals surface area (Å²) in [5.41, 5.74) is 3.61. The van der Waals surface area contributed by atoms with E-state index in [9.17, 15) is 24.5 Å². The molecule has 0 aliphatic heterocycles. The van der Waals surface area contributed by atoms with E-state index in [1.54, 1.807) is 25.1 Å². The maximum atomic E-state index is 13.1. The van der Waals surface area contributed by atoms with Crippen molar-refractivity contribution in [1.82, 2.24) is 0 Å². The number of thioether (sulfide) groups is 1. The number of amides is 2. The van der Waals surface area contributed by atoms with E-state index in [0.717, 1.165) is 16.0 Å². The first-order valence-corrected chi connectivity index (χ1v) is 13.8. The topological polar surface area (TPSA) is 128 Å². The number of nitrogens with one attached hydrogen (secondary N) is 2. The van der Waals surface area contributed by atoms with Gasteiger partial charge in [-0.15, -0.1) is 23.1 Å². The Labute approximate surface area is 238 Å². The fourth-order valence-electron chi connectivity index (χ4n) is 3.76. The fourth-order valence-corrected chi connectivity index (χ4v) is 5.64. The van der Waals surface area contributed by atoms with Crippen LogP contribution in [0.3, 0.4) is 0 Å². The number of methoxy groups -OCH3 is 1. The summed E-state index contributed by atoms with van der Waals surface area (Å²) >= 11 is 2.54. The molecule has 11 heteroatoms. The molecule has 0 fully saturated rings. The average molecular weight is 576 g/mol. The SMILES string of the molecule is COC(=O)c1c(-c2ccc(C)cc2)csc1NC(=O)C(C)Sc1cccc(NC(=O)c2ccc([N+](=O)[O-])cc2)c1. The summed E-state index contributed by atoms with van der Waals surface area (Å²) in [6, 6.07) is 20.1. The minimum Gasteiger partial charge on any atom is -0.465 e. The normalized spacial score (nSPS) is 11.4. The Morgan fingerprint density at radius 2 is 1.70 bits per heavy atom. The molecule has 0 saturated heterocycles. The number of hydrogen-bond acceptors (Lipinski definition) is 8. The molecule has 0 saturated carbocycles. The molecule has 0 radical (unpaired) electrons. The standard InChI is InChI=1S/C29H25N3O6S2/c1-17-7-9-19(10-8-17)24-16-39-28(25(24)29(35)38-3)31-26(33)18(2)40-23-6-4-5-21(15-23)30-27(34)20-11-13-22(14-12-20)32(36)37/h4-16,18H,1-3H3,(H,30,34)(H,31,33). The van der Waals surface area contributed by atoms with Gasteiger partial charge in [0, 0.05) is 39.2 Å². The number of carbonyl (C=O) groups excluding carboxylic acids is 3. The molecule has 1 atom stereocenters. The van der Waals surface area contributed by atoms with Gasteiger partial charge in [0.05, 0.1) is 17.3 Å². The number of thiophene rings is 1. The summed E-state index contributed by atoms with van der Waals surface area (Å²) in [6.45, 7) is 3.72. The minimum atomic E-state index is -0.538. The maximum absolute atomic E-state index is 13.1. The number of ether oxygens (including phenoxy) is 1. The van der Waals surface area contributed by atoms with Crippen LogP contribution in [0, 0.1) is 17.0 Å². The molecule has 4 aromatic rings. The van der Waals surface area contributed by atoms with Crippen molar-refractivity contribution in [3.63, 3.8) is 0 Å². The third-order valence-corrected chi connectivity index (χ3v) is 7.88. The van der Waals surface area contributed by atoms with Gasteiger partial charge in [0.25, 0.3) is 11.6 Å². The van der Waals surface area contributed by atoms with Gasteiger partial charge in [-0.05, 0) is 49.7 Å². The lowest BCUT2D eigenvalue weighted by Gasteiger charge is -2.13. The van der Waals surface area contributed by atoms with E-state index in [4.69, 9.17) is 4.74 Å². The van der Waals surface area contributed by atoms with Crippen LogP contribution >= 0.6 is 23.1 Å². The summed E-state index contributed by atoms with van der Waals surface area (Å²) in [5.74, 6) is -1.25. The molecule has 1 aromatic heterocycles. The van der Waals surface area contributed by atoms with Crippen LogP contribution in [0.15, 0.2) is 83.1 Å². The van der Waals surface area contributed by atoms with Crippen molar-refractivity contribution in [3.05, 3.63) is 105 Å². The summed E-state index contributed by atoms with van der Waals surface area (Å²) in [4.78, 5) is 49.4. The highest BCUT2D eigenvalue weighted by Gasteiger charge is 2.24. The van der Waals surface area contributed by atoms with Crippen LogP contribution < -0.4 is 10.6 Å². The molecule has 0 aliphatic carbocycles. The molecule has 0 bridgehead atoms. The molecular weight excluding hydrogens is 550 g/mol. The second-order valence-electron chi connectivity index (χ2n) is 8.75. The zero-order valence-electron chi connectivity index (χ0n) is 21.8. The summed E-state index contributed by atoms with van der Waals surface area (Å²) in [6.07, 6.45) is 0. The molecule has 3 aromatic carbocycles. The Bertz CT molecular complexity index is 1570. The van der Waals surface area contributed by atoms with Gasteiger partial charge in [0.1, 0.15) is 10.6 Å². The third kappa shape index (κ3) is 6.74. The number of non-ortho nitro benzene ring substituents is 1. The highest BCUT2D eigenvalue weighted by Crippen LogP contribution is 2.37. The van der Waals surface area contributed by atoms with Gasteiger partial charge in [0.15, 0.2) is 0 Å². The van der Waals surface area contributed by atoms with E-state index in [1.807, 2.05) is 42.6 Å². The van der Waals surface area contributed by atoms with Crippen LogP contribution in [0.25, 0.3) is 11.1 Å². The number of benzene rings is 3. The van der Waals surface area contributed by atoms with Crippen LogP contribution in [0.1, 0.15) is 33.2 Å². The summed E-state index contributed by atoms with van der Waals surface area (Å²) in [5, 5.41) is 18.2. The predicted molar refractivity (Wildman–Crippen MR) is 157 cm³/mol. The lowest BCUT2D eigenvalue weighted by molar-refractivity contribution is -0.384. The summed E-state index contributed by atoms with van der Waals surface area (Å²) in [7, 11) is 1.30. The first-order chi connectivity index (χ1) is 19.2. The van der Waals surface area contributed by atoms with Gasteiger partial charge < -0.3 is 15.4 Å². The smallest absolute Gasteiger partial charge is 0.341 e. The highest BCUT2D eigenvalue weighted by molar-refractivity contribution is 8.00. The molecule has 1 heterocycles. The monoisotopic (exact) mass is 575 g/mol. The van der Waals surface area contributed by atoms with Gasteiger partial charge in [-0.3, -0.25) is 19.7 Å². The Morgan fingerprint density at radius 1 is 1.00 bits per heavy atom. The summed E-state index contributed by atoms with van der Waals surface area (Å²) < 4.78 is 5.00. The Hall–Kier alpha value is -4.48. The van der Waals surface area contributed by atoms with Crippen LogP contribution in [-0.2, 0) is 9.53 Å². The van der Waals surface area contributed by atoms with Crippen molar-refractivity contribution in [1.29, 1.82) is 0 Å². The Morgan fingerprint density at radius 3 is 2.35 bits per heavy atom. The van der Waals surface area contributed by atoms with Crippen LogP contribution in [0.4, 0.5) is 16.4 Å². The van der Waals surface area contributed by atoms with Crippen LogP contribution in [-0.4, -0.2) is 35.1 Å². The highest BCUT2D eigenvalue weighted by atomic mass is 32.2. The van der Waals surface area contributed by atoms with Gasteiger partial charge in [-0.25, -0.2) is 4.79 Å². The largest absolute Gasteiger partial charge is 0.465 e. The number of anilines is 2. The van der Waals surface area contributed by atoms with Crippen molar-refractivity contribution in [2.75, 3.05) is 17.7 Å². The zero-order valence-corrected chi connectivity index (χ0v) is 23.4. The first kappa shape index (κ1) is 28.5. The van der Waals surface area contributed by atoms with Crippen LogP contribution in [0.5, 0.6) is 0 Å². The van der Waals surface area contributed by atoms with Crippen molar-refractivity contribution >= 4 is 57.3 Å². The van der Waals surface area contributed by atoms with E-state index < -0.39 is 22.0 Å². The number of aryl methyl sites for hydroxylation is 1. The molecule has 0 aliphatic rings. The lowest BCUT2D eigenvalue weighted by atomic mass is 10.0. The molecule has 9 nitrogen and oxygen atoms in total. The molecule has 1 unspecified atom stereocenters. The van der Waals surface area contributed by atoms with Gasteiger partial charge in [-0.1, -0.05) is 35.9 Å². The molecule has 2 amide bonds. The molecule has 0 spiro atoms. The van der Waals surface area contributed by atoms with E-state index in [0.29, 0.717) is 21.8 Å². The minimum absolute atomic E-state index is 0.102. The van der Waals surface area contributed by atoms with Gasteiger partial charge in [-0.2, -0.15) is 0 Å². The Kier molecular flexibility index (Phi) is 8.97. The number of nitrogens with zero attached hydrogens (tertiary/aromatic N) is 1. The number of hydrogen-bond donors (Lipinski definition) is 2. The quantitative estimate of drug-likeness (QED) is 0.0973. The number of nitro groups is 1. The van der Waals surface area contributed by atoms with Crippen molar-refractivity contribution < 1.29 is 24.0 Å². The van der Waals surface area contributed by atoms with Crippen molar-refractivity contribution in [2.24, 2.45) is 0 Å². The predicted octanol–water partition coefficient (Wildman–Crippen LogP) is 6.79. The molecule has 40 heavy (non-hydrogen) atoms. The van der Waals surface area contributed by atoms with E-state index in [-0.39, 0.29) is 17.2 Å². The zero-order chi connectivity index (χ0) is 28.8. The van der Waals surface area contributed by atoms with Crippen molar-refractivity contribution in [3.8, 4) is 11.1 Å². The van der Waals surface area contributed by atoms with Crippen molar-refractivity contribution in [2.45, 2.75) is 24.0 Å². The maximum Gasteiger partial charge on any atom is 0.341 e. The number of carbonyl (C=O) groups is 3. The van der Waals surface area contributed by atoms with E-state index in [1.165, 1.54) is 54.5 Å². The molecule has 2 N–H and O–H groups in total. The average Bonchev–Trinajstić information content (AvgIpc) is 3.36. The van der Waals surface area contributed by atoms with E-state index >= 15 is 0 Å². The second-order valence-corrected chi connectivity index (χ2v) is 11.0. The number of esters is 1. The fraction of sp³-hybridized carbons (Fsp3) is 0.138. The molecular formula is C29H25N3O6S2. The number of rotatable bonds is 9. The number of nitro benzene ring substituents is 1. The lowest BCUT2D eigenvalue weighted by Crippen LogP contribution is -2.23. The van der Waals surface area contributed by atoms with Gasteiger partial charge in [0.2, 0.25) is 5.91 Å². The molecule has 204 valence electrons. The Balaban J connectivity index is 1.44. The van der Waals surface area contributed by atoms with Gasteiger partial charge >= 0.3 is 5.97 Å². The first-order valence-electron chi connectivity index (χ1n) is 12.1. The third-order valence-electron chi connectivity index (χ3n) is 5.89. The van der Waals surface area contributed by atoms with E-state index in [2.05, 4.69) is 10.6 Å². The second kappa shape index (κ2) is 12.6.